The van der Waals surface area contributed by atoms with Crippen molar-refractivity contribution in [2.24, 2.45) is 23.7 Å². The zero-order valence-electron chi connectivity index (χ0n) is 17.9. The largest absolute Gasteiger partial charge is 0.390 e. The van der Waals surface area contributed by atoms with Gasteiger partial charge in [-0.25, -0.2) is 0 Å². The van der Waals surface area contributed by atoms with Crippen LogP contribution in [0.2, 0.25) is 0 Å². The van der Waals surface area contributed by atoms with E-state index in [9.17, 15) is 9.90 Å². The maximum Gasteiger partial charge on any atom is 0.227 e. The molecule has 1 aromatic rings. The van der Waals surface area contributed by atoms with Gasteiger partial charge >= 0.3 is 0 Å². The van der Waals surface area contributed by atoms with E-state index in [0.29, 0.717) is 23.9 Å². The molecule has 5 saturated carbocycles. The van der Waals surface area contributed by atoms with Crippen LogP contribution in [0.15, 0.2) is 24.3 Å². The molecule has 3 N–H and O–H groups in total. The molecule has 4 bridgehead atoms. The second-order valence-corrected chi connectivity index (χ2v) is 11.0. The van der Waals surface area contributed by atoms with E-state index in [-0.39, 0.29) is 17.4 Å². The number of aliphatic hydroxyl groups is 1. The van der Waals surface area contributed by atoms with Crippen LogP contribution in [-0.4, -0.2) is 41.8 Å². The average Bonchev–Trinajstić information content (AvgIpc) is 3.56. The maximum atomic E-state index is 12.1. The topological polar surface area (TPSA) is 64.6 Å². The molecule has 0 aromatic heterocycles. The number of nitrogens with zero attached hydrogens (tertiary/aromatic N) is 1. The maximum absolute atomic E-state index is 12.1. The van der Waals surface area contributed by atoms with Gasteiger partial charge in [-0.1, -0.05) is 6.07 Å². The van der Waals surface area contributed by atoms with E-state index in [1.807, 2.05) is 6.07 Å². The summed E-state index contributed by atoms with van der Waals surface area (Å²) in [5.41, 5.74) is 1.81. The van der Waals surface area contributed by atoms with Crippen molar-refractivity contribution in [2.45, 2.75) is 75.5 Å². The van der Waals surface area contributed by atoms with Crippen molar-refractivity contribution in [1.29, 1.82) is 0 Å². The van der Waals surface area contributed by atoms with Crippen molar-refractivity contribution in [3.05, 3.63) is 24.3 Å². The molecule has 0 spiro atoms. The second-order valence-electron chi connectivity index (χ2n) is 11.0. The minimum absolute atomic E-state index is 0.176. The van der Waals surface area contributed by atoms with E-state index in [1.165, 1.54) is 31.4 Å². The first-order chi connectivity index (χ1) is 14.5. The molecule has 6 aliphatic rings. The van der Waals surface area contributed by atoms with E-state index < -0.39 is 0 Å². The van der Waals surface area contributed by atoms with E-state index in [4.69, 9.17) is 0 Å². The molecule has 1 aromatic carbocycles. The van der Waals surface area contributed by atoms with Crippen LogP contribution < -0.4 is 15.5 Å². The number of carbonyl (C=O) groups excluding carboxylic acids is 1. The Bertz CT molecular complexity index is 798. The number of hydrogen-bond acceptors (Lipinski definition) is 4. The highest BCUT2D eigenvalue weighted by molar-refractivity contribution is 5.94. The summed E-state index contributed by atoms with van der Waals surface area (Å²) < 4.78 is 0. The molecule has 5 nitrogen and oxygen atoms in total. The number of benzene rings is 1. The van der Waals surface area contributed by atoms with Crippen LogP contribution >= 0.6 is 0 Å². The fourth-order valence-electron chi connectivity index (χ4n) is 7.20. The molecule has 5 heteroatoms. The van der Waals surface area contributed by atoms with Gasteiger partial charge in [0.1, 0.15) is 0 Å². The second kappa shape index (κ2) is 7.23. The molecule has 2 atom stereocenters. The minimum atomic E-state index is -0.335. The van der Waals surface area contributed by atoms with Gasteiger partial charge in [0.25, 0.3) is 0 Å². The first-order valence-corrected chi connectivity index (χ1v) is 12.2. The zero-order valence-corrected chi connectivity index (χ0v) is 17.9. The Morgan fingerprint density at radius 1 is 1.03 bits per heavy atom. The Balaban J connectivity index is 1.05. The number of nitrogens with one attached hydrogen (secondary N) is 2. The normalized spacial score (nSPS) is 38.1. The fraction of sp³-hybridized carbons (Fsp3) is 0.720. The van der Waals surface area contributed by atoms with Gasteiger partial charge in [-0.05, 0) is 93.7 Å². The molecule has 5 aliphatic carbocycles. The molecule has 162 valence electrons. The van der Waals surface area contributed by atoms with Gasteiger partial charge in [-0.3, -0.25) is 4.79 Å². The van der Waals surface area contributed by atoms with Crippen molar-refractivity contribution in [3.8, 4) is 0 Å². The molecule has 1 saturated heterocycles. The first kappa shape index (κ1) is 19.1. The molecule has 1 amide bonds. The van der Waals surface area contributed by atoms with Gasteiger partial charge in [0.15, 0.2) is 0 Å². The molecule has 1 aliphatic heterocycles. The van der Waals surface area contributed by atoms with Crippen molar-refractivity contribution in [1.82, 2.24) is 5.32 Å². The summed E-state index contributed by atoms with van der Waals surface area (Å²) in [7, 11) is 0. The lowest BCUT2D eigenvalue weighted by Crippen LogP contribution is -2.62. The number of amides is 1. The van der Waals surface area contributed by atoms with Gasteiger partial charge in [0.2, 0.25) is 5.91 Å². The molecule has 1 heterocycles. The molecular weight excluding hydrogens is 374 g/mol. The van der Waals surface area contributed by atoms with Crippen molar-refractivity contribution >= 4 is 17.3 Å². The molecule has 0 radical (unpaired) electrons. The lowest BCUT2D eigenvalue weighted by molar-refractivity contribution is -0.140. The van der Waals surface area contributed by atoms with Crippen LogP contribution in [0.5, 0.6) is 0 Å². The Kier molecular flexibility index (Phi) is 4.61. The Labute approximate surface area is 179 Å². The third-order valence-electron chi connectivity index (χ3n) is 8.59. The van der Waals surface area contributed by atoms with Gasteiger partial charge in [0.05, 0.1) is 5.60 Å². The van der Waals surface area contributed by atoms with Crippen molar-refractivity contribution in [2.75, 3.05) is 23.3 Å². The number of carbonyl (C=O) groups is 1. The Hall–Kier alpha value is -1.59. The van der Waals surface area contributed by atoms with E-state index >= 15 is 0 Å². The van der Waals surface area contributed by atoms with Crippen LogP contribution in [0.1, 0.15) is 57.8 Å². The number of piperidine rings is 1. The van der Waals surface area contributed by atoms with E-state index in [2.05, 4.69) is 33.7 Å². The van der Waals surface area contributed by atoms with Crippen molar-refractivity contribution < 1.29 is 9.90 Å². The summed E-state index contributed by atoms with van der Waals surface area (Å²) in [6.45, 7) is 2.12. The quantitative estimate of drug-likeness (QED) is 0.696. The van der Waals surface area contributed by atoms with Gasteiger partial charge < -0.3 is 20.6 Å². The summed E-state index contributed by atoms with van der Waals surface area (Å²) >= 11 is 0. The third-order valence-corrected chi connectivity index (χ3v) is 8.59. The molecule has 0 unspecified atom stereocenters. The monoisotopic (exact) mass is 409 g/mol. The first-order valence-electron chi connectivity index (χ1n) is 12.2. The Morgan fingerprint density at radius 2 is 1.77 bits per heavy atom. The van der Waals surface area contributed by atoms with E-state index in [0.717, 1.165) is 56.8 Å². The molecule has 30 heavy (non-hydrogen) atoms. The van der Waals surface area contributed by atoms with E-state index in [1.54, 1.807) is 0 Å². The van der Waals surface area contributed by atoms with Gasteiger partial charge in [-0.2, -0.15) is 0 Å². The summed E-state index contributed by atoms with van der Waals surface area (Å²) in [5.74, 6) is 2.56. The minimum Gasteiger partial charge on any atom is -0.390 e. The lowest BCUT2D eigenvalue weighted by Gasteiger charge is -2.59. The van der Waals surface area contributed by atoms with Crippen LogP contribution in [0.25, 0.3) is 0 Å². The average molecular weight is 410 g/mol. The lowest BCUT2D eigenvalue weighted by atomic mass is 9.52. The highest BCUT2D eigenvalue weighted by atomic mass is 16.3. The third kappa shape index (κ3) is 3.64. The molecule has 6 fully saturated rings. The standard InChI is InChI=1S/C25H35N3O2/c29-24(17-4-5-17)27-21-2-1-3-22(12-21)28-8-6-20(7-9-28)26-23-18-10-16-11-19(23)15-25(30,13-16)14-18/h1-3,12,16-20,23,26,30H,4-11,13-15H2,(H,27,29)/t16?,18-,19-,23?,25?/m1/s1. The number of anilines is 2. The highest BCUT2D eigenvalue weighted by Gasteiger charge is 2.54. The zero-order chi connectivity index (χ0) is 20.3. The molecular formula is C25H35N3O2. The van der Waals surface area contributed by atoms with Crippen LogP contribution in [0.4, 0.5) is 11.4 Å². The van der Waals surface area contributed by atoms with Crippen LogP contribution in [-0.2, 0) is 4.79 Å². The number of rotatable bonds is 5. The van der Waals surface area contributed by atoms with Crippen LogP contribution in [0.3, 0.4) is 0 Å². The van der Waals surface area contributed by atoms with Gasteiger partial charge in [-0.15, -0.1) is 0 Å². The predicted molar refractivity (Wildman–Crippen MR) is 118 cm³/mol. The summed E-state index contributed by atoms with van der Waals surface area (Å²) in [4.78, 5) is 14.5. The summed E-state index contributed by atoms with van der Waals surface area (Å²) in [6, 6.07) is 9.57. The fourth-order valence-corrected chi connectivity index (χ4v) is 7.20. The van der Waals surface area contributed by atoms with Crippen LogP contribution in [0, 0.1) is 23.7 Å². The summed E-state index contributed by atoms with van der Waals surface area (Å²) in [6.07, 6.45) is 10.2. The smallest absolute Gasteiger partial charge is 0.227 e. The highest BCUT2D eigenvalue weighted by Crippen LogP contribution is 2.55. The Morgan fingerprint density at radius 3 is 2.43 bits per heavy atom. The number of hydrogen-bond donors (Lipinski definition) is 3. The summed E-state index contributed by atoms with van der Waals surface area (Å²) in [5, 5.41) is 18.0. The SMILES string of the molecule is O=C(Nc1cccc(N2CCC(NC3[C@@H]4CC5C[C@@H]3CC(O)(C5)C4)CC2)c1)C1CC1. The van der Waals surface area contributed by atoms with Gasteiger partial charge in [0, 0.05) is 42.5 Å². The van der Waals surface area contributed by atoms with Crippen molar-refractivity contribution in [3.63, 3.8) is 0 Å². The predicted octanol–water partition coefficient (Wildman–Crippen LogP) is 3.53. The molecule has 7 rings (SSSR count).